The van der Waals surface area contributed by atoms with Gasteiger partial charge in [0.25, 0.3) is 0 Å². The van der Waals surface area contributed by atoms with E-state index in [-0.39, 0.29) is 17.2 Å². The monoisotopic (exact) mass is 324 g/mol. The van der Waals surface area contributed by atoms with Crippen LogP contribution in [0.5, 0.6) is 0 Å². The van der Waals surface area contributed by atoms with E-state index in [2.05, 4.69) is 50.0 Å². The first-order valence-corrected chi connectivity index (χ1v) is 8.44. The minimum Gasteiger partial charge on any atom is -0.361 e. The number of benzene rings is 2. The minimum absolute atomic E-state index is 0.153. The zero-order chi connectivity index (χ0) is 17.3. The summed E-state index contributed by atoms with van der Waals surface area (Å²) in [7, 11) is 0. The molecule has 24 heavy (non-hydrogen) atoms. The fourth-order valence-corrected chi connectivity index (χ4v) is 3.20. The molecule has 3 rings (SSSR count). The van der Waals surface area contributed by atoms with Gasteiger partial charge in [-0.1, -0.05) is 45.0 Å². The highest BCUT2D eigenvalue weighted by atomic mass is 19.1. The molecule has 0 bridgehead atoms. The Balaban J connectivity index is 1.87. The van der Waals surface area contributed by atoms with Gasteiger partial charge in [0.2, 0.25) is 0 Å². The lowest BCUT2D eigenvalue weighted by atomic mass is 9.85. The highest BCUT2D eigenvalue weighted by Crippen LogP contribution is 2.29. The zero-order valence-corrected chi connectivity index (χ0v) is 14.6. The summed E-state index contributed by atoms with van der Waals surface area (Å²) < 4.78 is 13.6. The molecule has 2 nitrogen and oxygen atoms in total. The van der Waals surface area contributed by atoms with Gasteiger partial charge in [0, 0.05) is 23.0 Å². The van der Waals surface area contributed by atoms with Crippen LogP contribution in [0.4, 0.5) is 4.39 Å². The Kier molecular flexibility index (Phi) is 4.46. The van der Waals surface area contributed by atoms with Gasteiger partial charge < -0.3 is 10.7 Å². The topological polar surface area (TPSA) is 41.8 Å². The molecule has 1 unspecified atom stereocenters. The van der Waals surface area contributed by atoms with Crippen molar-refractivity contribution in [3.05, 3.63) is 71.2 Å². The van der Waals surface area contributed by atoms with E-state index in [0.29, 0.717) is 6.54 Å². The number of aromatic nitrogens is 1. The fraction of sp³-hybridized carbons (Fsp3) is 0.333. The largest absolute Gasteiger partial charge is 0.361 e. The maximum atomic E-state index is 13.6. The molecule has 1 heterocycles. The average molecular weight is 324 g/mol. The van der Waals surface area contributed by atoms with Crippen molar-refractivity contribution in [2.45, 2.75) is 38.5 Å². The second-order valence-electron chi connectivity index (χ2n) is 7.52. The molecular formula is C21H25FN2. The highest BCUT2D eigenvalue weighted by molar-refractivity contribution is 5.83. The van der Waals surface area contributed by atoms with E-state index >= 15 is 0 Å². The van der Waals surface area contributed by atoms with E-state index in [1.54, 1.807) is 12.1 Å². The number of halogens is 1. The van der Waals surface area contributed by atoms with Gasteiger partial charge in [-0.2, -0.15) is 0 Å². The molecule has 0 fully saturated rings. The van der Waals surface area contributed by atoms with Crippen molar-refractivity contribution >= 4 is 10.9 Å². The Morgan fingerprint density at radius 1 is 1.08 bits per heavy atom. The Morgan fingerprint density at radius 2 is 1.79 bits per heavy atom. The molecule has 0 saturated heterocycles. The third-order valence-corrected chi connectivity index (χ3v) is 4.70. The summed E-state index contributed by atoms with van der Waals surface area (Å²) in [5.41, 5.74) is 10.8. The second kappa shape index (κ2) is 6.40. The Morgan fingerprint density at radius 3 is 2.42 bits per heavy atom. The molecule has 1 aromatic heterocycles. The van der Waals surface area contributed by atoms with Crippen LogP contribution in [0.2, 0.25) is 0 Å². The van der Waals surface area contributed by atoms with Crippen molar-refractivity contribution in [1.82, 2.24) is 4.98 Å². The van der Waals surface area contributed by atoms with Crippen LogP contribution in [0, 0.1) is 5.82 Å². The van der Waals surface area contributed by atoms with Crippen LogP contribution in [-0.2, 0) is 11.8 Å². The number of nitrogens with one attached hydrogen (secondary N) is 1. The first kappa shape index (κ1) is 16.7. The van der Waals surface area contributed by atoms with Gasteiger partial charge in [0.05, 0.1) is 0 Å². The lowest BCUT2D eigenvalue weighted by Crippen LogP contribution is -2.15. The SMILES string of the molecule is CC(C)(C)c1ccc(CC(CN)c2c[nH]c3ccc(F)cc23)cc1. The molecule has 3 aromatic rings. The average Bonchev–Trinajstić information content (AvgIpc) is 2.95. The Hall–Kier alpha value is -2.13. The molecule has 0 aliphatic rings. The molecule has 0 amide bonds. The maximum absolute atomic E-state index is 13.6. The molecule has 3 heteroatoms. The van der Waals surface area contributed by atoms with E-state index in [0.717, 1.165) is 22.9 Å². The van der Waals surface area contributed by atoms with Crippen molar-refractivity contribution in [3.8, 4) is 0 Å². The first-order valence-electron chi connectivity index (χ1n) is 8.44. The lowest BCUT2D eigenvalue weighted by molar-refractivity contribution is 0.589. The van der Waals surface area contributed by atoms with E-state index in [1.807, 2.05) is 6.20 Å². The van der Waals surface area contributed by atoms with Crippen LogP contribution >= 0.6 is 0 Å². The van der Waals surface area contributed by atoms with Crippen molar-refractivity contribution in [3.63, 3.8) is 0 Å². The van der Waals surface area contributed by atoms with Crippen molar-refractivity contribution < 1.29 is 4.39 Å². The predicted octanol–water partition coefficient (Wildman–Crippen LogP) is 4.89. The summed E-state index contributed by atoms with van der Waals surface area (Å²) in [5, 5.41) is 0.928. The number of rotatable bonds is 4. The number of aromatic amines is 1. The summed E-state index contributed by atoms with van der Waals surface area (Å²) in [6, 6.07) is 13.6. The molecule has 3 N–H and O–H groups in total. The van der Waals surface area contributed by atoms with Crippen LogP contribution in [0.25, 0.3) is 10.9 Å². The predicted molar refractivity (Wildman–Crippen MR) is 98.9 cm³/mol. The molecule has 2 aromatic carbocycles. The van der Waals surface area contributed by atoms with Crippen LogP contribution in [-0.4, -0.2) is 11.5 Å². The molecule has 0 radical (unpaired) electrons. The quantitative estimate of drug-likeness (QED) is 0.705. The van der Waals surface area contributed by atoms with Crippen LogP contribution in [0.15, 0.2) is 48.7 Å². The lowest BCUT2D eigenvalue weighted by Gasteiger charge is -2.20. The maximum Gasteiger partial charge on any atom is 0.123 e. The van der Waals surface area contributed by atoms with Crippen LogP contribution in [0.1, 0.15) is 43.4 Å². The van der Waals surface area contributed by atoms with Gasteiger partial charge in [-0.15, -0.1) is 0 Å². The summed E-state index contributed by atoms with van der Waals surface area (Å²) in [6.07, 6.45) is 2.82. The van der Waals surface area contributed by atoms with E-state index in [4.69, 9.17) is 5.73 Å². The number of fused-ring (bicyclic) bond motifs is 1. The summed E-state index contributed by atoms with van der Waals surface area (Å²) in [5.74, 6) is -0.0466. The van der Waals surface area contributed by atoms with Gasteiger partial charge in [-0.25, -0.2) is 4.39 Å². The second-order valence-corrected chi connectivity index (χ2v) is 7.52. The molecule has 0 spiro atoms. The van der Waals surface area contributed by atoms with Crippen molar-refractivity contribution in [1.29, 1.82) is 0 Å². The molecular weight excluding hydrogens is 299 g/mol. The molecule has 0 aliphatic heterocycles. The highest BCUT2D eigenvalue weighted by Gasteiger charge is 2.17. The third-order valence-electron chi connectivity index (χ3n) is 4.70. The zero-order valence-electron chi connectivity index (χ0n) is 14.6. The summed E-state index contributed by atoms with van der Waals surface area (Å²) in [4.78, 5) is 3.22. The first-order chi connectivity index (χ1) is 11.4. The third kappa shape index (κ3) is 3.36. The van der Waals surface area contributed by atoms with Gasteiger partial charge in [-0.05, 0) is 53.3 Å². The van der Waals surface area contributed by atoms with Crippen LogP contribution < -0.4 is 5.73 Å². The van der Waals surface area contributed by atoms with Gasteiger partial charge >= 0.3 is 0 Å². The van der Waals surface area contributed by atoms with Crippen LogP contribution in [0.3, 0.4) is 0 Å². The Labute approximate surface area is 142 Å². The van der Waals surface area contributed by atoms with E-state index < -0.39 is 0 Å². The van der Waals surface area contributed by atoms with Gasteiger partial charge in [-0.3, -0.25) is 0 Å². The Bertz CT molecular complexity index is 825. The van der Waals surface area contributed by atoms with Crippen molar-refractivity contribution in [2.75, 3.05) is 6.54 Å². The molecule has 1 atom stereocenters. The van der Waals surface area contributed by atoms with E-state index in [9.17, 15) is 4.39 Å². The molecule has 126 valence electrons. The minimum atomic E-state index is -0.214. The number of hydrogen-bond acceptors (Lipinski definition) is 1. The van der Waals surface area contributed by atoms with E-state index in [1.165, 1.54) is 17.2 Å². The normalized spacial score (nSPS) is 13.4. The smallest absolute Gasteiger partial charge is 0.123 e. The standard InChI is InChI=1S/C21H25FN2/c1-21(2,3)16-6-4-14(5-7-16)10-15(12-23)19-13-24-20-9-8-17(22)11-18(19)20/h4-9,11,13,15,24H,10,12,23H2,1-3H3. The van der Waals surface area contributed by atoms with Gasteiger partial charge in [0.1, 0.15) is 5.82 Å². The van der Waals surface area contributed by atoms with Gasteiger partial charge in [0.15, 0.2) is 0 Å². The number of nitrogens with two attached hydrogens (primary N) is 1. The summed E-state index contributed by atoms with van der Waals surface area (Å²) >= 11 is 0. The fourth-order valence-electron chi connectivity index (χ4n) is 3.20. The molecule has 0 saturated carbocycles. The van der Waals surface area contributed by atoms with Crippen molar-refractivity contribution in [2.24, 2.45) is 5.73 Å². The number of hydrogen-bond donors (Lipinski definition) is 2. The summed E-state index contributed by atoms with van der Waals surface area (Å²) in [6.45, 7) is 7.17. The molecule has 0 aliphatic carbocycles. The number of H-pyrrole nitrogens is 1.